The normalized spacial score (nSPS) is 14.5. The number of hydrogen-bond donors (Lipinski definition) is 1. The van der Waals surface area contributed by atoms with Gasteiger partial charge in [0.1, 0.15) is 5.75 Å². The standard InChI is InChI=1S/C18H19ClN2O3S/c19-14-8-9-17(21-10-4-5-11-21)16(12-14)20-18(22)13-25(23,24)15-6-2-1-3-7-15/h1-3,6-9,12H,4-5,10-11,13H2,(H,20,22). The second-order valence-corrected chi connectivity index (χ2v) is 8.40. The average Bonchev–Trinajstić information content (AvgIpc) is 3.09. The third-order valence-electron chi connectivity index (χ3n) is 4.10. The van der Waals surface area contributed by atoms with Crippen LogP contribution >= 0.6 is 11.6 Å². The summed E-state index contributed by atoms with van der Waals surface area (Å²) in [6.45, 7) is 1.82. The van der Waals surface area contributed by atoms with Gasteiger partial charge in [-0.05, 0) is 43.2 Å². The van der Waals surface area contributed by atoms with E-state index in [9.17, 15) is 13.2 Å². The lowest BCUT2D eigenvalue weighted by molar-refractivity contribution is -0.113. The number of nitrogens with zero attached hydrogens (tertiary/aromatic N) is 1. The van der Waals surface area contributed by atoms with Gasteiger partial charge in [-0.1, -0.05) is 29.8 Å². The van der Waals surface area contributed by atoms with Crippen molar-refractivity contribution < 1.29 is 13.2 Å². The Kier molecular flexibility index (Phi) is 5.30. The maximum absolute atomic E-state index is 12.3. The minimum atomic E-state index is -3.68. The van der Waals surface area contributed by atoms with Crippen LogP contribution in [0.1, 0.15) is 12.8 Å². The van der Waals surface area contributed by atoms with E-state index >= 15 is 0 Å². The van der Waals surface area contributed by atoms with Gasteiger partial charge in [-0.15, -0.1) is 0 Å². The van der Waals surface area contributed by atoms with Crippen LogP contribution in [0.15, 0.2) is 53.4 Å². The van der Waals surface area contributed by atoms with Crippen molar-refractivity contribution in [2.45, 2.75) is 17.7 Å². The molecule has 2 aromatic carbocycles. The zero-order chi connectivity index (χ0) is 17.9. The van der Waals surface area contributed by atoms with Gasteiger partial charge in [0.05, 0.1) is 16.3 Å². The van der Waals surface area contributed by atoms with Crippen LogP contribution in [0.25, 0.3) is 0 Å². The number of amides is 1. The molecule has 25 heavy (non-hydrogen) atoms. The van der Waals surface area contributed by atoms with E-state index in [0.29, 0.717) is 10.7 Å². The highest BCUT2D eigenvalue weighted by Gasteiger charge is 2.21. The Morgan fingerprint density at radius 3 is 2.44 bits per heavy atom. The third kappa shape index (κ3) is 4.32. The molecule has 0 spiro atoms. The number of sulfone groups is 1. The minimum absolute atomic E-state index is 0.135. The van der Waals surface area contributed by atoms with Crippen LogP contribution in [0.5, 0.6) is 0 Å². The Balaban J connectivity index is 1.78. The van der Waals surface area contributed by atoms with Crippen LogP contribution in [-0.2, 0) is 14.6 Å². The number of nitrogens with one attached hydrogen (secondary N) is 1. The Labute approximate surface area is 152 Å². The van der Waals surface area contributed by atoms with Crippen LogP contribution in [0.2, 0.25) is 5.02 Å². The molecule has 1 heterocycles. The Bertz CT molecular complexity index is 863. The number of anilines is 2. The van der Waals surface area contributed by atoms with Crippen molar-refractivity contribution in [3.05, 3.63) is 53.6 Å². The fraction of sp³-hybridized carbons (Fsp3) is 0.278. The fourth-order valence-electron chi connectivity index (χ4n) is 2.91. The van der Waals surface area contributed by atoms with Crippen LogP contribution in [0.3, 0.4) is 0 Å². The number of hydrogen-bond acceptors (Lipinski definition) is 4. The van der Waals surface area contributed by atoms with E-state index in [1.807, 2.05) is 6.07 Å². The lowest BCUT2D eigenvalue weighted by atomic mass is 10.2. The molecule has 0 unspecified atom stereocenters. The number of carbonyl (C=O) groups is 1. The summed E-state index contributed by atoms with van der Waals surface area (Å²) < 4.78 is 24.7. The Hall–Kier alpha value is -2.05. The maximum atomic E-state index is 12.3. The molecule has 7 heteroatoms. The molecule has 1 saturated heterocycles. The summed E-state index contributed by atoms with van der Waals surface area (Å²) in [5.41, 5.74) is 1.41. The van der Waals surface area contributed by atoms with Crippen molar-refractivity contribution in [1.29, 1.82) is 0 Å². The van der Waals surface area contributed by atoms with E-state index < -0.39 is 21.5 Å². The van der Waals surface area contributed by atoms with Gasteiger partial charge in [0.2, 0.25) is 5.91 Å². The Morgan fingerprint density at radius 1 is 1.08 bits per heavy atom. The van der Waals surface area contributed by atoms with Crippen molar-refractivity contribution in [2.75, 3.05) is 29.1 Å². The van der Waals surface area contributed by atoms with Gasteiger partial charge < -0.3 is 10.2 Å². The van der Waals surface area contributed by atoms with Gasteiger partial charge in [0.15, 0.2) is 9.84 Å². The largest absolute Gasteiger partial charge is 0.370 e. The molecule has 0 aromatic heterocycles. The van der Waals surface area contributed by atoms with E-state index in [4.69, 9.17) is 11.6 Å². The van der Waals surface area contributed by atoms with Crippen molar-refractivity contribution in [2.24, 2.45) is 0 Å². The minimum Gasteiger partial charge on any atom is -0.370 e. The van der Waals surface area contributed by atoms with E-state index in [1.165, 1.54) is 12.1 Å². The van der Waals surface area contributed by atoms with Crippen LogP contribution in [-0.4, -0.2) is 33.2 Å². The number of benzene rings is 2. The molecule has 0 radical (unpaired) electrons. The van der Waals surface area contributed by atoms with Crippen molar-refractivity contribution in [3.8, 4) is 0 Å². The number of carbonyl (C=O) groups excluding carboxylic acids is 1. The molecule has 1 aliphatic heterocycles. The molecule has 1 fully saturated rings. The van der Waals surface area contributed by atoms with E-state index in [1.54, 1.807) is 30.3 Å². The molecular formula is C18H19ClN2O3S. The summed E-state index contributed by atoms with van der Waals surface area (Å²) in [6, 6.07) is 13.2. The van der Waals surface area contributed by atoms with Gasteiger partial charge in [0.25, 0.3) is 0 Å². The van der Waals surface area contributed by atoms with Gasteiger partial charge in [0, 0.05) is 18.1 Å². The first kappa shape index (κ1) is 17.8. The topological polar surface area (TPSA) is 66.5 Å². The van der Waals surface area contributed by atoms with Crippen LogP contribution < -0.4 is 10.2 Å². The van der Waals surface area contributed by atoms with Gasteiger partial charge >= 0.3 is 0 Å². The van der Waals surface area contributed by atoms with Crippen molar-refractivity contribution in [1.82, 2.24) is 0 Å². The molecule has 1 N–H and O–H groups in total. The van der Waals surface area contributed by atoms with Crippen molar-refractivity contribution >= 4 is 38.7 Å². The van der Waals surface area contributed by atoms with Crippen LogP contribution in [0.4, 0.5) is 11.4 Å². The van der Waals surface area contributed by atoms with E-state index in [2.05, 4.69) is 10.2 Å². The highest BCUT2D eigenvalue weighted by Crippen LogP contribution is 2.31. The van der Waals surface area contributed by atoms with Gasteiger partial charge in [-0.2, -0.15) is 0 Å². The maximum Gasteiger partial charge on any atom is 0.240 e. The number of halogens is 1. The summed E-state index contributed by atoms with van der Waals surface area (Å²) in [5, 5.41) is 3.20. The molecule has 0 bridgehead atoms. The zero-order valence-corrected chi connectivity index (χ0v) is 15.2. The summed E-state index contributed by atoms with van der Waals surface area (Å²) >= 11 is 6.05. The summed E-state index contributed by atoms with van der Waals surface area (Å²) in [4.78, 5) is 14.6. The lowest BCUT2D eigenvalue weighted by Gasteiger charge is -2.21. The molecule has 1 aliphatic rings. The van der Waals surface area contributed by atoms with Gasteiger partial charge in [-0.25, -0.2) is 8.42 Å². The molecule has 132 valence electrons. The molecule has 0 saturated carbocycles. The van der Waals surface area contributed by atoms with Gasteiger partial charge in [-0.3, -0.25) is 4.79 Å². The summed E-state index contributed by atoms with van der Waals surface area (Å²) in [6.07, 6.45) is 2.19. The lowest BCUT2D eigenvalue weighted by Crippen LogP contribution is -2.25. The van der Waals surface area contributed by atoms with Crippen LogP contribution in [0, 0.1) is 0 Å². The molecule has 2 aromatic rings. The SMILES string of the molecule is O=C(CS(=O)(=O)c1ccccc1)Nc1cc(Cl)ccc1N1CCCC1. The monoisotopic (exact) mass is 378 g/mol. The smallest absolute Gasteiger partial charge is 0.240 e. The number of rotatable bonds is 5. The molecule has 0 aliphatic carbocycles. The third-order valence-corrected chi connectivity index (χ3v) is 5.97. The van der Waals surface area contributed by atoms with E-state index in [0.717, 1.165) is 31.6 Å². The highest BCUT2D eigenvalue weighted by atomic mass is 35.5. The Morgan fingerprint density at radius 2 is 1.76 bits per heavy atom. The predicted molar refractivity (Wildman–Crippen MR) is 100 cm³/mol. The average molecular weight is 379 g/mol. The van der Waals surface area contributed by atoms with Crippen molar-refractivity contribution in [3.63, 3.8) is 0 Å². The molecule has 3 rings (SSSR count). The predicted octanol–water partition coefficient (Wildman–Crippen LogP) is 3.35. The first-order valence-corrected chi connectivity index (χ1v) is 10.1. The quantitative estimate of drug-likeness (QED) is 0.866. The first-order valence-electron chi connectivity index (χ1n) is 8.08. The molecule has 0 atom stereocenters. The first-order chi connectivity index (χ1) is 12.0. The molecular weight excluding hydrogens is 360 g/mol. The molecule has 5 nitrogen and oxygen atoms in total. The second kappa shape index (κ2) is 7.45. The zero-order valence-electron chi connectivity index (χ0n) is 13.6. The summed E-state index contributed by atoms with van der Waals surface area (Å²) in [7, 11) is -3.68. The summed E-state index contributed by atoms with van der Waals surface area (Å²) in [5.74, 6) is -1.19. The highest BCUT2D eigenvalue weighted by molar-refractivity contribution is 7.92. The van der Waals surface area contributed by atoms with E-state index in [-0.39, 0.29) is 4.90 Å². The second-order valence-electron chi connectivity index (χ2n) is 5.98. The molecule has 1 amide bonds. The fourth-order valence-corrected chi connectivity index (χ4v) is 4.24.